The molecule has 0 saturated carbocycles. The van der Waals surface area contributed by atoms with Gasteiger partial charge < -0.3 is 10.5 Å². The Hall–Kier alpha value is -1.36. The first-order chi connectivity index (χ1) is 7.63. The minimum atomic E-state index is -0.298. The molecule has 0 unspecified atom stereocenters. The lowest BCUT2D eigenvalue weighted by atomic mass is 10.2. The van der Waals surface area contributed by atoms with Crippen LogP contribution < -0.4 is 10.5 Å². The third-order valence-electron chi connectivity index (χ3n) is 2.06. The fraction of sp³-hybridized carbons (Fsp3) is 0.364. The normalized spacial score (nSPS) is 9.81. The monoisotopic (exact) mass is 242 g/mol. The lowest BCUT2D eigenvalue weighted by molar-refractivity contribution is 0.408. The Bertz CT molecular complexity index is 496. The largest absolute Gasteiger partial charge is 0.496 e. The highest BCUT2D eigenvalue weighted by Crippen LogP contribution is 2.33. The second-order valence-electron chi connectivity index (χ2n) is 2.92. The lowest BCUT2D eigenvalue weighted by Crippen LogP contribution is -1.91. The van der Waals surface area contributed by atoms with Crippen LogP contribution in [0.25, 0.3) is 10.2 Å². The summed E-state index contributed by atoms with van der Waals surface area (Å²) in [5.41, 5.74) is 6.54. The number of nitrogens with zero attached hydrogens (tertiary/aromatic N) is 1. The predicted molar refractivity (Wildman–Crippen MR) is 66.6 cm³/mol. The zero-order chi connectivity index (χ0) is 12.3. The van der Waals surface area contributed by atoms with Crippen LogP contribution in [0.15, 0.2) is 6.07 Å². The molecule has 1 aromatic carbocycles. The summed E-state index contributed by atoms with van der Waals surface area (Å²) in [5.74, 6) is 0.203. The molecule has 1 aromatic heterocycles. The van der Waals surface area contributed by atoms with Gasteiger partial charge in [0.1, 0.15) is 11.6 Å². The Morgan fingerprint density at radius 3 is 2.62 bits per heavy atom. The smallest absolute Gasteiger partial charge is 0.181 e. The Balaban J connectivity index is 0.000000606. The molecule has 16 heavy (non-hydrogen) atoms. The van der Waals surface area contributed by atoms with Crippen molar-refractivity contribution >= 4 is 26.7 Å². The van der Waals surface area contributed by atoms with E-state index in [2.05, 4.69) is 4.98 Å². The number of benzene rings is 1. The molecule has 0 atom stereocenters. The second kappa shape index (κ2) is 5.12. The number of fused-ring (bicyclic) bond motifs is 1. The summed E-state index contributed by atoms with van der Waals surface area (Å²) in [6.07, 6.45) is 0. The molecule has 88 valence electrons. The van der Waals surface area contributed by atoms with Crippen molar-refractivity contribution in [1.29, 1.82) is 0 Å². The first-order valence-corrected chi connectivity index (χ1v) is 5.84. The molecule has 1 heterocycles. The number of nitrogen functional groups attached to an aromatic ring is 1. The maximum Gasteiger partial charge on any atom is 0.181 e. The summed E-state index contributed by atoms with van der Waals surface area (Å²) in [7, 11) is 1.50. The topological polar surface area (TPSA) is 48.1 Å². The average molecular weight is 242 g/mol. The van der Waals surface area contributed by atoms with Gasteiger partial charge in [-0.3, -0.25) is 0 Å². The standard InChI is InChI=1S/C9H9FN2OS.C2H6/c1-4-6(13-2)3-5-8(7(4)10)14-9(11)12-5;1-2/h3H,1-2H3,(H2,11,12);1-2H3. The molecule has 0 aliphatic rings. The lowest BCUT2D eigenvalue weighted by Gasteiger charge is -2.04. The van der Waals surface area contributed by atoms with Crippen LogP contribution in [-0.4, -0.2) is 12.1 Å². The van der Waals surface area contributed by atoms with Gasteiger partial charge in [0.25, 0.3) is 0 Å². The van der Waals surface area contributed by atoms with E-state index in [9.17, 15) is 4.39 Å². The fourth-order valence-electron chi connectivity index (χ4n) is 1.33. The average Bonchev–Trinajstić information content (AvgIpc) is 2.67. The van der Waals surface area contributed by atoms with E-state index < -0.39 is 0 Å². The summed E-state index contributed by atoms with van der Waals surface area (Å²) < 4.78 is 19.2. The summed E-state index contributed by atoms with van der Waals surface area (Å²) in [6, 6.07) is 1.70. The number of anilines is 1. The highest BCUT2D eigenvalue weighted by Gasteiger charge is 2.13. The van der Waals surface area contributed by atoms with E-state index in [-0.39, 0.29) is 5.82 Å². The summed E-state index contributed by atoms with van der Waals surface area (Å²) in [6.45, 7) is 5.67. The SMILES string of the molecule is CC.COc1cc2nc(N)sc2c(F)c1C. The maximum absolute atomic E-state index is 13.7. The molecule has 0 fully saturated rings. The number of nitrogens with two attached hydrogens (primary N) is 1. The van der Waals surface area contributed by atoms with Gasteiger partial charge in [0.2, 0.25) is 0 Å². The van der Waals surface area contributed by atoms with Crippen LogP contribution >= 0.6 is 11.3 Å². The van der Waals surface area contributed by atoms with E-state index in [1.165, 1.54) is 7.11 Å². The molecular formula is C11H15FN2OS. The third kappa shape index (κ3) is 2.09. The van der Waals surface area contributed by atoms with E-state index in [1.54, 1.807) is 13.0 Å². The molecule has 0 amide bonds. The number of rotatable bonds is 1. The molecule has 2 N–H and O–H groups in total. The molecule has 0 aliphatic carbocycles. The highest BCUT2D eigenvalue weighted by molar-refractivity contribution is 7.22. The van der Waals surface area contributed by atoms with Crippen molar-refractivity contribution in [3.05, 3.63) is 17.4 Å². The van der Waals surface area contributed by atoms with Crippen LogP contribution in [0.5, 0.6) is 5.75 Å². The molecule has 5 heteroatoms. The van der Waals surface area contributed by atoms with Crippen molar-refractivity contribution in [2.75, 3.05) is 12.8 Å². The molecule has 0 aliphatic heterocycles. The molecule has 2 rings (SSSR count). The second-order valence-corrected chi connectivity index (χ2v) is 3.95. The van der Waals surface area contributed by atoms with Gasteiger partial charge in [0.15, 0.2) is 5.13 Å². The first-order valence-electron chi connectivity index (χ1n) is 5.02. The Kier molecular flexibility index (Phi) is 4.06. The molecular weight excluding hydrogens is 227 g/mol. The quantitative estimate of drug-likeness (QED) is 0.834. The van der Waals surface area contributed by atoms with Gasteiger partial charge in [-0.2, -0.15) is 0 Å². The van der Waals surface area contributed by atoms with Gasteiger partial charge >= 0.3 is 0 Å². The van der Waals surface area contributed by atoms with Crippen LogP contribution in [0.4, 0.5) is 9.52 Å². The van der Waals surface area contributed by atoms with Gasteiger partial charge in [-0.05, 0) is 6.92 Å². The number of aromatic nitrogens is 1. The van der Waals surface area contributed by atoms with Crippen LogP contribution in [0.2, 0.25) is 0 Å². The summed E-state index contributed by atoms with van der Waals surface area (Å²) in [5, 5.41) is 0.367. The van der Waals surface area contributed by atoms with Gasteiger partial charge in [0.05, 0.1) is 17.3 Å². The van der Waals surface area contributed by atoms with Crippen LogP contribution in [0.1, 0.15) is 19.4 Å². The van der Waals surface area contributed by atoms with Crippen LogP contribution in [0, 0.1) is 12.7 Å². The molecule has 0 spiro atoms. The van der Waals surface area contributed by atoms with Crippen molar-refractivity contribution < 1.29 is 9.13 Å². The molecule has 2 aromatic rings. The number of halogens is 1. The van der Waals surface area contributed by atoms with Gasteiger partial charge in [-0.25, -0.2) is 9.37 Å². The van der Waals surface area contributed by atoms with Crippen LogP contribution in [-0.2, 0) is 0 Å². The van der Waals surface area contributed by atoms with Crippen molar-refractivity contribution in [2.45, 2.75) is 20.8 Å². The minimum absolute atomic E-state index is 0.298. The van der Waals surface area contributed by atoms with Gasteiger partial charge in [0, 0.05) is 11.6 Å². The first kappa shape index (κ1) is 12.7. The van der Waals surface area contributed by atoms with Crippen molar-refractivity contribution in [3.63, 3.8) is 0 Å². The fourth-order valence-corrected chi connectivity index (χ4v) is 2.13. The number of hydrogen-bond donors (Lipinski definition) is 1. The Morgan fingerprint density at radius 2 is 2.06 bits per heavy atom. The highest BCUT2D eigenvalue weighted by atomic mass is 32.1. The van der Waals surface area contributed by atoms with Gasteiger partial charge in [-0.15, -0.1) is 0 Å². The number of methoxy groups -OCH3 is 1. The van der Waals surface area contributed by atoms with Crippen LogP contribution in [0.3, 0.4) is 0 Å². The molecule has 0 radical (unpaired) electrons. The Labute approximate surface area is 98.1 Å². The zero-order valence-corrected chi connectivity index (χ0v) is 10.6. The molecule has 0 bridgehead atoms. The number of ether oxygens (including phenoxy) is 1. The summed E-state index contributed by atoms with van der Waals surface area (Å²) in [4.78, 5) is 4.00. The minimum Gasteiger partial charge on any atom is -0.496 e. The third-order valence-corrected chi connectivity index (χ3v) is 2.95. The number of thiazole rings is 1. The number of hydrogen-bond acceptors (Lipinski definition) is 4. The zero-order valence-electron chi connectivity index (χ0n) is 9.80. The van der Waals surface area contributed by atoms with E-state index >= 15 is 0 Å². The predicted octanol–water partition coefficient (Wildman–Crippen LogP) is 3.36. The van der Waals surface area contributed by atoms with Gasteiger partial charge in [-0.1, -0.05) is 25.2 Å². The maximum atomic E-state index is 13.7. The van der Waals surface area contributed by atoms with E-state index in [0.717, 1.165) is 11.3 Å². The summed E-state index contributed by atoms with van der Waals surface area (Å²) >= 11 is 1.15. The van der Waals surface area contributed by atoms with Crippen molar-refractivity contribution in [3.8, 4) is 5.75 Å². The van der Waals surface area contributed by atoms with E-state index in [1.807, 2.05) is 13.8 Å². The van der Waals surface area contributed by atoms with Crippen molar-refractivity contribution in [2.24, 2.45) is 0 Å². The van der Waals surface area contributed by atoms with E-state index in [0.29, 0.717) is 26.7 Å². The van der Waals surface area contributed by atoms with Crippen molar-refractivity contribution in [1.82, 2.24) is 4.98 Å². The van der Waals surface area contributed by atoms with E-state index in [4.69, 9.17) is 10.5 Å². The molecule has 0 saturated heterocycles. The molecule has 3 nitrogen and oxygen atoms in total. The Morgan fingerprint density at radius 1 is 1.44 bits per heavy atom.